The summed E-state index contributed by atoms with van der Waals surface area (Å²) in [5.41, 5.74) is 1.89. The number of halogens is 2. The second-order valence-electron chi connectivity index (χ2n) is 7.48. The minimum absolute atomic E-state index is 0.141. The highest BCUT2D eigenvalue weighted by molar-refractivity contribution is 8.00. The molecule has 1 aliphatic rings. The number of nitrogens with one attached hydrogen (secondary N) is 1. The summed E-state index contributed by atoms with van der Waals surface area (Å²) in [4.78, 5) is 26.4. The van der Waals surface area contributed by atoms with Crippen LogP contribution in [0.25, 0.3) is 0 Å². The van der Waals surface area contributed by atoms with Crippen LogP contribution in [0, 0.1) is 18.2 Å². The van der Waals surface area contributed by atoms with E-state index >= 15 is 0 Å². The largest absolute Gasteiger partial charge is 0.326 e. The Morgan fingerprint density at radius 3 is 2.79 bits per heavy atom. The summed E-state index contributed by atoms with van der Waals surface area (Å²) < 4.78 is 14.4. The first-order valence-electron chi connectivity index (χ1n) is 8.90. The maximum atomic E-state index is 14.4. The molecule has 2 aromatic rings. The van der Waals surface area contributed by atoms with Gasteiger partial charge in [-0.25, -0.2) is 4.39 Å². The van der Waals surface area contributed by atoms with Gasteiger partial charge in [-0.15, -0.1) is 23.4 Å². The quantitative estimate of drug-likeness (QED) is 0.683. The van der Waals surface area contributed by atoms with Gasteiger partial charge in [0.25, 0.3) is 0 Å². The highest BCUT2D eigenvalue weighted by Gasteiger charge is 2.36. The van der Waals surface area contributed by atoms with Crippen molar-refractivity contribution >= 4 is 46.6 Å². The zero-order valence-electron chi connectivity index (χ0n) is 16.0. The summed E-state index contributed by atoms with van der Waals surface area (Å²) in [6.45, 7) is 5.40. The highest BCUT2D eigenvalue weighted by atomic mass is 35.5. The van der Waals surface area contributed by atoms with E-state index in [0.717, 1.165) is 11.1 Å². The van der Waals surface area contributed by atoms with Crippen LogP contribution >= 0.6 is 23.4 Å². The fraction of sp³-hybridized carbons (Fsp3) is 0.333. The Morgan fingerprint density at radius 1 is 1.32 bits per heavy atom. The van der Waals surface area contributed by atoms with E-state index in [1.807, 2.05) is 25.1 Å². The molecule has 0 saturated carbocycles. The summed E-state index contributed by atoms with van der Waals surface area (Å²) in [7, 11) is 0. The predicted octanol–water partition coefficient (Wildman–Crippen LogP) is 5.12. The molecule has 1 fully saturated rings. The fourth-order valence-corrected chi connectivity index (χ4v) is 4.15. The first kappa shape index (κ1) is 20.7. The smallest absolute Gasteiger partial charge is 0.238 e. The molecule has 28 heavy (non-hydrogen) atoms. The number of anilines is 2. The number of amides is 2. The van der Waals surface area contributed by atoms with Gasteiger partial charge >= 0.3 is 0 Å². The molecule has 7 heteroatoms. The molecule has 0 radical (unpaired) electrons. The summed E-state index contributed by atoms with van der Waals surface area (Å²) in [6.07, 6.45) is 0. The lowest BCUT2D eigenvalue weighted by molar-refractivity contribution is -0.123. The molecule has 0 aromatic heterocycles. The molecule has 0 bridgehead atoms. The van der Waals surface area contributed by atoms with Crippen molar-refractivity contribution in [3.8, 4) is 0 Å². The van der Waals surface area contributed by atoms with Crippen molar-refractivity contribution in [3.63, 3.8) is 0 Å². The Balaban J connectivity index is 1.91. The van der Waals surface area contributed by atoms with Crippen LogP contribution < -0.4 is 10.2 Å². The zero-order chi connectivity index (χ0) is 20.5. The molecule has 3 rings (SSSR count). The van der Waals surface area contributed by atoms with Crippen molar-refractivity contribution in [1.29, 1.82) is 0 Å². The van der Waals surface area contributed by atoms with Gasteiger partial charge in [0, 0.05) is 11.6 Å². The zero-order valence-corrected chi connectivity index (χ0v) is 17.5. The molecule has 4 nitrogen and oxygen atoms in total. The summed E-state index contributed by atoms with van der Waals surface area (Å²) in [5, 5.41) is 2.51. The van der Waals surface area contributed by atoms with Crippen LogP contribution in [0.5, 0.6) is 0 Å². The van der Waals surface area contributed by atoms with Crippen LogP contribution in [0.3, 0.4) is 0 Å². The molecular weight excluding hydrogens is 399 g/mol. The molecular formula is C21H22ClFN2O2S. The number of rotatable bonds is 5. The lowest BCUT2D eigenvalue weighted by Crippen LogP contribution is -2.32. The SMILES string of the molecule is Cc1ccc(F)c(N2C(=O)CS[C@@H]2c2cccc(NC(=O)C(C)(C)CCl)c2)c1. The van der Waals surface area contributed by atoms with Gasteiger partial charge < -0.3 is 5.32 Å². The third kappa shape index (κ3) is 4.18. The van der Waals surface area contributed by atoms with E-state index in [0.29, 0.717) is 5.69 Å². The Morgan fingerprint density at radius 2 is 2.07 bits per heavy atom. The topological polar surface area (TPSA) is 49.4 Å². The van der Waals surface area contributed by atoms with Crippen LogP contribution in [0.4, 0.5) is 15.8 Å². The minimum Gasteiger partial charge on any atom is -0.326 e. The number of benzene rings is 2. The van der Waals surface area contributed by atoms with Crippen LogP contribution in [0.2, 0.25) is 0 Å². The summed E-state index contributed by atoms with van der Waals surface area (Å²) in [6, 6.07) is 12.0. The number of aryl methyl sites for hydroxylation is 1. The van der Waals surface area contributed by atoms with Crippen molar-refractivity contribution in [2.75, 3.05) is 21.8 Å². The van der Waals surface area contributed by atoms with E-state index in [1.54, 1.807) is 32.0 Å². The monoisotopic (exact) mass is 420 g/mol. The van der Waals surface area contributed by atoms with E-state index in [1.165, 1.54) is 22.7 Å². The maximum absolute atomic E-state index is 14.4. The number of carbonyl (C=O) groups is 2. The van der Waals surface area contributed by atoms with Crippen LogP contribution in [0.15, 0.2) is 42.5 Å². The second kappa shape index (κ2) is 8.13. The first-order chi connectivity index (χ1) is 13.2. The van der Waals surface area contributed by atoms with Gasteiger partial charge in [0.1, 0.15) is 11.2 Å². The number of nitrogens with zero attached hydrogens (tertiary/aromatic N) is 1. The Hall–Kier alpha value is -2.05. The number of carbonyl (C=O) groups excluding carboxylic acids is 2. The molecule has 0 aliphatic carbocycles. The van der Waals surface area contributed by atoms with Crippen LogP contribution in [-0.4, -0.2) is 23.4 Å². The van der Waals surface area contributed by atoms with E-state index in [-0.39, 0.29) is 34.5 Å². The molecule has 148 valence electrons. The van der Waals surface area contributed by atoms with Crippen LogP contribution in [0.1, 0.15) is 30.3 Å². The lowest BCUT2D eigenvalue weighted by atomic mass is 9.95. The molecule has 1 heterocycles. The third-order valence-electron chi connectivity index (χ3n) is 4.61. The predicted molar refractivity (Wildman–Crippen MR) is 113 cm³/mol. The Bertz CT molecular complexity index is 919. The van der Waals surface area contributed by atoms with Crippen molar-refractivity contribution in [1.82, 2.24) is 0 Å². The average Bonchev–Trinajstić information content (AvgIpc) is 3.05. The van der Waals surface area contributed by atoms with Crippen molar-refractivity contribution in [3.05, 3.63) is 59.4 Å². The Kier molecular flexibility index (Phi) is 6.01. The standard InChI is InChI=1S/C21H22ClFN2O2S/c1-13-7-8-16(23)17(9-13)25-18(26)11-28-19(25)14-5-4-6-15(10-14)24-20(27)21(2,3)12-22/h4-10,19H,11-12H2,1-3H3,(H,24,27)/t19-/m1/s1. The molecule has 2 amide bonds. The molecule has 2 aromatic carbocycles. The molecule has 0 spiro atoms. The average molecular weight is 421 g/mol. The number of alkyl halides is 1. The van der Waals surface area contributed by atoms with Gasteiger partial charge in [-0.3, -0.25) is 14.5 Å². The minimum atomic E-state index is -0.702. The lowest BCUT2D eigenvalue weighted by Gasteiger charge is -2.26. The number of hydrogen-bond acceptors (Lipinski definition) is 3. The molecule has 1 aliphatic heterocycles. The van der Waals surface area contributed by atoms with Gasteiger partial charge in [0.05, 0.1) is 16.9 Å². The van der Waals surface area contributed by atoms with Gasteiger partial charge in [-0.2, -0.15) is 0 Å². The molecule has 1 N–H and O–H groups in total. The van der Waals surface area contributed by atoms with Gasteiger partial charge in [-0.05, 0) is 56.2 Å². The van der Waals surface area contributed by atoms with Crippen molar-refractivity contribution in [2.45, 2.75) is 26.1 Å². The fourth-order valence-electron chi connectivity index (χ4n) is 2.87. The second-order valence-corrected chi connectivity index (χ2v) is 8.81. The van der Waals surface area contributed by atoms with Crippen molar-refractivity contribution < 1.29 is 14.0 Å². The molecule has 1 atom stereocenters. The maximum Gasteiger partial charge on any atom is 0.238 e. The first-order valence-corrected chi connectivity index (χ1v) is 10.5. The van der Waals surface area contributed by atoms with Crippen LogP contribution in [-0.2, 0) is 9.59 Å². The van der Waals surface area contributed by atoms with Crippen molar-refractivity contribution in [2.24, 2.45) is 5.41 Å². The highest BCUT2D eigenvalue weighted by Crippen LogP contribution is 2.43. The normalized spacial score (nSPS) is 17.1. The van der Waals surface area contributed by atoms with Gasteiger partial charge in [0.15, 0.2) is 0 Å². The molecule has 1 saturated heterocycles. The van der Waals surface area contributed by atoms with E-state index in [9.17, 15) is 14.0 Å². The summed E-state index contributed by atoms with van der Waals surface area (Å²) >= 11 is 7.31. The van der Waals surface area contributed by atoms with Gasteiger partial charge in [-0.1, -0.05) is 18.2 Å². The molecule has 0 unspecified atom stereocenters. The number of thioether (sulfide) groups is 1. The van der Waals surface area contributed by atoms with Gasteiger partial charge in [0.2, 0.25) is 11.8 Å². The van der Waals surface area contributed by atoms with E-state index in [2.05, 4.69) is 5.32 Å². The van der Waals surface area contributed by atoms with E-state index < -0.39 is 11.2 Å². The number of hydrogen-bond donors (Lipinski definition) is 1. The van der Waals surface area contributed by atoms with E-state index in [4.69, 9.17) is 11.6 Å². The Labute approximate surface area is 173 Å². The third-order valence-corrected chi connectivity index (χ3v) is 6.49. The summed E-state index contributed by atoms with van der Waals surface area (Å²) in [5.74, 6) is -0.284.